The fourth-order valence-corrected chi connectivity index (χ4v) is 4.56. The number of ether oxygens (including phenoxy) is 1. The lowest BCUT2D eigenvalue weighted by Crippen LogP contribution is -2.49. The zero-order chi connectivity index (χ0) is 21.3. The molecule has 0 spiro atoms. The summed E-state index contributed by atoms with van der Waals surface area (Å²) in [5, 5.41) is 6.52. The van der Waals surface area contributed by atoms with Crippen molar-refractivity contribution in [1.29, 1.82) is 0 Å². The average molecular weight is 555 g/mol. The van der Waals surface area contributed by atoms with E-state index in [-0.39, 0.29) is 41.9 Å². The van der Waals surface area contributed by atoms with E-state index in [2.05, 4.69) is 22.5 Å². The molecule has 0 heterocycles. The first-order chi connectivity index (χ1) is 13.8. The maximum absolute atomic E-state index is 13.7. The van der Waals surface area contributed by atoms with Crippen molar-refractivity contribution in [3.63, 3.8) is 0 Å². The van der Waals surface area contributed by atoms with Gasteiger partial charge in [0, 0.05) is 33.0 Å². The van der Waals surface area contributed by atoms with Crippen LogP contribution in [0.2, 0.25) is 0 Å². The molecule has 0 amide bonds. The largest absolute Gasteiger partial charge is 0.373 e. The third kappa shape index (κ3) is 9.05. The quantitative estimate of drug-likeness (QED) is 0.276. The second-order valence-corrected chi connectivity index (χ2v) is 9.99. The summed E-state index contributed by atoms with van der Waals surface area (Å²) < 4.78 is 43.2. The molecule has 0 bridgehead atoms. The summed E-state index contributed by atoms with van der Waals surface area (Å²) in [5.74, 6) is 0.0744. The fourth-order valence-electron chi connectivity index (χ4n) is 3.71. The lowest BCUT2D eigenvalue weighted by molar-refractivity contribution is -0.0657. The second kappa shape index (κ2) is 12.8. The van der Waals surface area contributed by atoms with Crippen LogP contribution in [0.25, 0.3) is 0 Å². The van der Waals surface area contributed by atoms with Gasteiger partial charge in [-0.3, -0.25) is 4.99 Å². The van der Waals surface area contributed by atoms with Gasteiger partial charge < -0.3 is 15.4 Å². The first kappa shape index (κ1) is 27.1. The Kier molecular flexibility index (Phi) is 11.6. The highest BCUT2D eigenvalue weighted by molar-refractivity contribution is 14.0. The molecule has 0 saturated heterocycles. The molecule has 2 N–H and O–H groups in total. The Bertz CT molecular complexity index is 797. The maximum atomic E-state index is 13.7. The van der Waals surface area contributed by atoms with E-state index >= 15 is 0 Å². The zero-order valence-electron chi connectivity index (χ0n) is 18.2. The number of guanidine groups is 1. The standard InChI is InChI=1S/C21H34FN3O3S.HI/c1-4-12-28-21(10-6-5-7-11-21)16-25-20(23-2)24-14-18-13-19(22)9-8-17(18)15-29(3,26)27;/h8-9,13H,4-7,10-12,14-16H2,1-3H3,(H2,23,24,25);1H. The van der Waals surface area contributed by atoms with Gasteiger partial charge in [-0.15, -0.1) is 24.0 Å². The molecule has 1 aliphatic rings. The number of benzene rings is 1. The molecule has 0 radical (unpaired) electrons. The van der Waals surface area contributed by atoms with Crippen LogP contribution in [0.1, 0.15) is 56.6 Å². The molecule has 172 valence electrons. The van der Waals surface area contributed by atoms with E-state index in [4.69, 9.17) is 4.74 Å². The van der Waals surface area contributed by atoms with Crippen LogP contribution in [0, 0.1) is 5.82 Å². The van der Waals surface area contributed by atoms with Crippen molar-refractivity contribution in [3.8, 4) is 0 Å². The van der Waals surface area contributed by atoms with Crippen LogP contribution in [-0.2, 0) is 26.9 Å². The number of sulfone groups is 1. The van der Waals surface area contributed by atoms with Crippen LogP contribution in [0.4, 0.5) is 4.39 Å². The van der Waals surface area contributed by atoms with Crippen molar-refractivity contribution in [3.05, 3.63) is 35.1 Å². The molecule has 0 atom stereocenters. The van der Waals surface area contributed by atoms with E-state index in [1.54, 1.807) is 7.05 Å². The summed E-state index contributed by atoms with van der Waals surface area (Å²) in [7, 11) is -1.53. The number of hydrogen-bond acceptors (Lipinski definition) is 4. The van der Waals surface area contributed by atoms with Gasteiger partial charge in [0.2, 0.25) is 0 Å². The monoisotopic (exact) mass is 555 g/mol. The SMILES string of the molecule is CCCOC1(CNC(=NC)NCc2cc(F)ccc2CS(C)(=O)=O)CCCCC1.I. The Hall–Kier alpha value is -0.940. The minimum atomic E-state index is -3.21. The van der Waals surface area contributed by atoms with Gasteiger partial charge in [-0.2, -0.15) is 0 Å². The van der Waals surface area contributed by atoms with Gasteiger partial charge in [-0.05, 0) is 42.5 Å². The first-order valence-corrected chi connectivity index (χ1v) is 12.4. The third-order valence-corrected chi connectivity index (χ3v) is 6.05. The molecule has 6 nitrogen and oxygen atoms in total. The van der Waals surface area contributed by atoms with Crippen LogP contribution >= 0.6 is 24.0 Å². The molecule has 1 aliphatic carbocycles. The minimum absolute atomic E-state index is 0. The number of rotatable bonds is 9. The highest BCUT2D eigenvalue weighted by atomic mass is 127. The Balaban J connectivity index is 0.00000450. The Morgan fingerprint density at radius 3 is 2.50 bits per heavy atom. The van der Waals surface area contributed by atoms with Crippen molar-refractivity contribution >= 4 is 39.8 Å². The Morgan fingerprint density at radius 1 is 1.20 bits per heavy atom. The normalized spacial score (nSPS) is 16.6. The molecule has 0 aromatic heterocycles. The molecule has 1 fully saturated rings. The third-order valence-electron chi connectivity index (χ3n) is 5.21. The summed E-state index contributed by atoms with van der Waals surface area (Å²) in [6, 6.07) is 4.18. The predicted octanol–water partition coefficient (Wildman–Crippen LogP) is 3.78. The van der Waals surface area contributed by atoms with E-state index in [0.29, 0.717) is 23.6 Å². The molecule has 9 heteroatoms. The molecule has 1 saturated carbocycles. The molecular formula is C21H35FIN3O3S. The highest BCUT2D eigenvalue weighted by Gasteiger charge is 2.32. The lowest BCUT2D eigenvalue weighted by atomic mass is 9.84. The average Bonchev–Trinajstić information content (AvgIpc) is 2.68. The summed E-state index contributed by atoms with van der Waals surface area (Å²) >= 11 is 0. The van der Waals surface area contributed by atoms with E-state index in [1.807, 2.05) is 0 Å². The number of nitrogens with one attached hydrogen (secondary N) is 2. The Morgan fingerprint density at radius 2 is 1.90 bits per heavy atom. The van der Waals surface area contributed by atoms with Crippen molar-refractivity contribution in [2.45, 2.75) is 63.3 Å². The van der Waals surface area contributed by atoms with Gasteiger partial charge in [0.25, 0.3) is 0 Å². The first-order valence-electron chi connectivity index (χ1n) is 10.3. The van der Waals surface area contributed by atoms with Gasteiger partial charge in [-0.1, -0.05) is 32.3 Å². The van der Waals surface area contributed by atoms with E-state index in [9.17, 15) is 12.8 Å². The van der Waals surface area contributed by atoms with Crippen molar-refractivity contribution in [2.24, 2.45) is 4.99 Å². The number of hydrogen-bond donors (Lipinski definition) is 2. The van der Waals surface area contributed by atoms with Gasteiger partial charge in [0.15, 0.2) is 15.8 Å². The summed E-state index contributed by atoms with van der Waals surface area (Å²) in [6.07, 6.45) is 7.78. The zero-order valence-corrected chi connectivity index (χ0v) is 21.3. The van der Waals surface area contributed by atoms with Crippen molar-refractivity contribution in [2.75, 3.05) is 26.5 Å². The van der Waals surface area contributed by atoms with Gasteiger partial charge in [0.1, 0.15) is 5.82 Å². The molecule has 1 aromatic carbocycles. The van der Waals surface area contributed by atoms with Crippen LogP contribution in [0.3, 0.4) is 0 Å². The van der Waals surface area contributed by atoms with E-state index in [0.717, 1.165) is 38.7 Å². The molecular weight excluding hydrogens is 520 g/mol. The number of aliphatic imine (C=N–C) groups is 1. The maximum Gasteiger partial charge on any atom is 0.191 e. The minimum Gasteiger partial charge on any atom is -0.373 e. The topological polar surface area (TPSA) is 79.8 Å². The van der Waals surface area contributed by atoms with Crippen LogP contribution in [0.5, 0.6) is 0 Å². The van der Waals surface area contributed by atoms with Crippen molar-refractivity contribution in [1.82, 2.24) is 10.6 Å². The van der Waals surface area contributed by atoms with Crippen molar-refractivity contribution < 1.29 is 17.5 Å². The van der Waals surface area contributed by atoms with Crippen LogP contribution < -0.4 is 10.6 Å². The smallest absolute Gasteiger partial charge is 0.191 e. The molecule has 2 rings (SSSR count). The fraction of sp³-hybridized carbons (Fsp3) is 0.667. The van der Waals surface area contributed by atoms with Gasteiger partial charge in [-0.25, -0.2) is 12.8 Å². The summed E-state index contributed by atoms with van der Waals surface area (Å²) in [6.45, 7) is 3.79. The molecule has 30 heavy (non-hydrogen) atoms. The highest BCUT2D eigenvalue weighted by Crippen LogP contribution is 2.31. The van der Waals surface area contributed by atoms with Crippen LogP contribution in [-0.4, -0.2) is 46.4 Å². The van der Waals surface area contributed by atoms with Gasteiger partial charge >= 0.3 is 0 Å². The molecule has 0 unspecified atom stereocenters. The summed E-state index contributed by atoms with van der Waals surface area (Å²) in [4.78, 5) is 4.25. The van der Waals surface area contributed by atoms with Crippen LogP contribution in [0.15, 0.2) is 23.2 Å². The number of halogens is 2. The lowest BCUT2D eigenvalue weighted by Gasteiger charge is -2.37. The Labute approximate surface area is 197 Å². The summed E-state index contributed by atoms with van der Waals surface area (Å²) in [5.41, 5.74) is 1.02. The second-order valence-electron chi connectivity index (χ2n) is 7.85. The van der Waals surface area contributed by atoms with E-state index in [1.165, 1.54) is 30.9 Å². The predicted molar refractivity (Wildman–Crippen MR) is 131 cm³/mol. The molecule has 1 aromatic rings. The van der Waals surface area contributed by atoms with Gasteiger partial charge in [0.05, 0.1) is 11.4 Å². The number of nitrogens with zero attached hydrogens (tertiary/aromatic N) is 1. The van der Waals surface area contributed by atoms with E-state index < -0.39 is 15.7 Å². The molecule has 0 aliphatic heterocycles.